The summed E-state index contributed by atoms with van der Waals surface area (Å²) < 4.78 is 11.5. The average molecular weight is 398 g/mol. The number of benzene rings is 2. The highest BCUT2D eigenvalue weighted by molar-refractivity contribution is 9.10. The summed E-state index contributed by atoms with van der Waals surface area (Å²) >= 11 is 3.41. The topological polar surface area (TPSA) is 47.9 Å². The summed E-state index contributed by atoms with van der Waals surface area (Å²) in [5, 5.41) is 0. The molecular formula is C20H16BrNO3. The van der Waals surface area contributed by atoms with E-state index in [0.717, 1.165) is 15.6 Å². The SMILES string of the molecule is COc1ccc(Br)cc1C1=N/C(=C\C(C)=C\c2ccccc2)C(=O)O1. The molecule has 5 heteroatoms. The molecule has 0 spiro atoms. The van der Waals surface area contributed by atoms with Crippen LogP contribution in [-0.2, 0) is 9.53 Å². The molecule has 0 saturated heterocycles. The van der Waals surface area contributed by atoms with Crippen LogP contribution in [0.4, 0.5) is 0 Å². The van der Waals surface area contributed by atoms with Crippen LogP contribution in [0.3, 0.4) is 0 Å². The molecule has 25 heavy (non-hydrogen) atoms. The molecule has 0 radical (unpaired) electrons. The molecule has 0 amide bonds. The fourth-order valence-electron chi connectivity index (χ4n) is 2.44. The number of methoxy groups -OCH3 is 1. The van der Waals surface area contributed by atoms with Crippen molar-refractivity contribution in [2.75, 3.05) is 7.11 Å². The molecule has 0 N–H and O–H groups in total. The van der Waals surface area contributed by atoms with Crippen molar-refractivity contribution in [2.45, 2.75) is 6.92 Å². The molecule has 126 valence electrons. The normalized spacial score (nSPS) is 16.0. The lowest BCUT2D eigenvalue weighted by molar-refractivity contribution is -0.130. The lowest BCUT2D eigenvalue weighted by Gasteiger charge is -2.07. The Morgan fingerprint density at radius 2 is 1.96 bits per heavy atom. The van der Waals surface area contributed by atoms with Gasteiger partial charge in [-0.25, -0.2) is 9.79 Å². The second kappa shape index (κ2) is 7.49. The average Bonchev–Trinajstić information content (AvgIpc) is 2.96. The van der Waals surface area contributed by atoms with Gasteiger partial charge < -0.3 is 9.47 Å². The van der Waals surface area contributed by atoms with Crippen molar-refractivity contribution in [2.24, 2.45) is 4.99 Å². The molecule has 3 rings (SSSR count). The highest BCUT2D eigenvalue weighted by Crippen LogP contribution is 2.27. The summed E-state index contributed by atoms with van der Waals surface area (Å²) in [4.78, 5) is 16.5. The largest absolute Gasteiger partial charge is 0.496 e. The van der Waals surface area contributed by atoms with Crippen molar-refractivity contribution in [3.63, 3.8) is 0 Å². The van der Waals surface area contributed by atoms with Gasteiger partial charge in [-0.05, 0) is 42.3 Å². The quantitative estimate of drug-likeness (QED) is 0.552. The van der Waals surface area contributed by atoms with Crippen molar-refractivity contribution in [1.29, 1.82) is 0 Å². The van der Waals surface area contributed by atoms with Crippen LogP contribution in [0.5, 0.6) is 5.75 Å². The molecule has 4 nitrogen and oxygen atoms in total. The molecule has 2 aromatic rings. The second-order valence-corrected chi connectivity index (χ2v) is 6.40. The minimum atomic E-state index is -0.474. The Bertz CT molecular complexity index is 898. The van der Waals surface area contributed by atoms with E-state index in [9.17, 15) is 4.79 Å². The lowest BCUT2D eigenvalue weighted by atomic mass is 10.1. The number of hydrogen-bond donors (Lipinski definition) is 0. The second-order valence-electron chi connectivity index (χ2n) is 5.48. The first-order chi connectivity index (χ1) is 12.1. The zero-order chi connectivity index (χ0) is 17.8. The number of carbonyl (C=O) groups excluding carboxylic acids is 1. The Kier molecular flexibility index (Phi) is 5.14. The summed E-state index contributed by atoms with van der Waals surface area (Å²) in [6, 6.07) is 15.3. The summed E-state index contributed by atoms with van der Waals surface area (Å²) in [5.74, 6) is 0.354. The number of cyclic esters (lactones) is 1. The Morgan fingerprint density at radius 3 is 2.68 bits per heavy atom. The van der Waals surface area contributed by atoms with Crippen LogP contribution in [-0.4, -0.2) is 19.0 Å². The first kappa shape index (κ1) is 17.2. The van der Waals surface area contributed by atoms with Crippen LogP contribution in [0.1, 0.15) is 18.1 Å². The Hall–Kier alpha value is -2.66. The summed E-state index contributed by atoms with van der Waals surface area (Å²) in [6.45, 7) is 1.92. The van der Waals surface area contributed by atoms with Crippen molar-refractivity contribution < 1.29 is 14.3 Å². The van der Waals surface area contributed by atoms with Gasteiger partial charge in [0.05, 0.1) is 12.7 Å². The van der Waals surface area contributed by atoms with Gasteiger partial charge in [0.15, 0.2) is 5.70 Å². The monoisotopic (exact) mass is 397 g/mol. The molecule has 0 aliphatic carbocycles. The van der Waals surface area contributed by atoms with E-state index in [0.29, 0.717) is 11.3 Å². The zero-order valence-electron chi connectivity index (χ0n) is 13.8. The van der Waals surface area contributed by atoms with Gasteiger partial charge in [-0.1, -0.05) is 52.3 Å². The van der Waals surface area contributed by atoms with Crippen molar-refractivity contribution >= 4 is 33.9 Å². The zero-order valence-corrected chi connectivity index (χ0v) is 15.4. The van der Waals surface area contributed by atoms with Gasteiger partial charge in [0.25, 0.3) is 0 Å². The molecule has 0 bridgehead atoms. The molecular weight excluding hydrogens is 382 g/mol. The van der Waals surface area contributed by atoms with Gasteiger partial charge in [0, 0.05) is 4.47 Å². The minimum absolute atomic E-state index is 0.238. The van der Waals surface area contributed by atoms with Crippen LogP contribution in [0.25, 0.3) is 6.08 Å². The molecule has 2 aromatic carbocycles. The third-order valence-electron chi connectivity index (χ3n) is 3.57. The number of nitrogens with zero attached hydrogens (tertiary/aromatic N) is 1. The molecule has 0 unspecified atom stereocenters. The smallest absolute Gasteiger partial charge is 0.363 e. The Morgan fingerprint density at radius 1 is 1.20 bits per heavy atom. The van der Waals surface area contributed by atoms with Gasteiger partial charge in [-0.3, -0.25) is 0 Å². The molecule has 1 aliphatic heterocycles. The van der Waals surface area contributed by atoms with E-state index in [-0.39, 0.29) is 11.6 Å². The van der Waals surface area contributed by atoms with Gasteiger partial charge in [-0.2, -0.15) is 0 Å². The molecule has 1 aliphatic rings. The number of carbonyl (C=O) groups is 1. The van der Waals surface area contributed by atoms with Gasteiger partial charge in [-0.15, -0.1) is 0 Å². The van der Waals surface area contributed by atoms with Gasteiger partial charge >= 0.3 is 5.97 Å². The summed E-state index contributed by atoms with van der Waals surface area (Å²) in [7, 11) is 1.56. The third kappa shape index (κ3) is 4.06. The molecule has 0 atom stereocenters. The van der Waals surface area contributed by atoms with Crippen LogP contribution in [0.2, 0.25) is 0 Å². The maximum Gasteiger partial charge on any atom is 0.363 e. The van der Waals surface area contributed by atoms with E-state index in [2.05, 4.69) is 20.9 Å². The maximum atomic E-state index is 12.1. The van der Waals surface area contributed by atoms with Gasteiger partial charge in [0.2, 0.25) is 5.90 Å². The third-order valence-corrected chi connectivity index (χ3v) is 4.06. The predicted molar refractivity (Wildman–Crippen MR) is 101 cm³/mol. The number of halogens is 1. The summed E-state index contributed by atoms with van der Waals surface area (Å²) in [5.41, 5.74) is 2.85. The van der Waals surface area contributed by atoms with E-state index >= 15 is 0 Å². The van der Waals surface area contributed by atoms with E-state index in [1.807, 2.05) is 49.4 Å². The van der Waals surface area contributed by atoms with Crippen molar-refractivity contribution in [3.8, 4) is 5.75 Å². The first-order valence-corrected chi connectivity index (χ1v) is 8.46. The van der Waals surface area contributed by atoms with Crippen molar-refractivity contribution in [3.05, 3.63) is 81.5 Å². The van der Waals surface area contributed by atoms with E-state index in [1.54, 1.807) is 25.3 Å². The standard InChI is InChI=1S/C20H16BrNO3/c1-13(10-14-6-4-3-5-7-14)11-17-20(23)25-19(22-17)16-12-15(21)8-9-18(16)24-2/h3-12H,1-2H3/b13-10+,17-11-. The maximum absolute atomic E-state index is 12.1. The number of rotatable bonds is 4. The van der Waals surface area contributed by atoms with Gasteiger partial charge in [0.1, 0.15) is 5.75 Å². The number of esters is 1. The highest BCUT2D eigenvalue weighted by Gasteiger charge is 2.26. The van der Waals surface area contributed by atoms with E-state index in [1.165, 1.54) is 0 Å². The van der Waals surface area contributed by atoms with Crippen LogP contribution >= 0.6 is 15.9 Å². The fourth-order valence-corrected chi connectivity index (χ4v) is 2.80. The van der Waals surface area contributed by atoms with Crippen LogP contribution in [0.15, 0.2) is 75.3 Å². The molecule has 0 fully saturated rings. The van der Waals surface area contributed by atoms with Crippen LogP contribution < -0.4 is 4.74 Å². The molecule has 1 heterocycles. The fraction of sp³-hybridized carbons (Fsp3) is 0.100. The van der Waals surface area contributed by atoms with Crippen LogP contribution in [0, 0.1) is 0 Å². The molecule has 0 aromatic heterocycles. The lowest BCUT2D eigenvalue weighted by Crippen LogP contribution is -2.07. The molecule has 0 saturated carbocycles. The number of ether oxygens (including phenoxy) is 2. The number of hydrogen-bond acceptors (Lipinski definition) is 4. The minimum Gasteiger partial charge on any atom is -0.496 e. The number of allylic oxidation sites excluding steroid dienone is 2. The Balaban J connectivity index is 1.93. The summed E-state index contributed by atoms with van der Waals surface area (Å²) in [6.07, 6.45) is 3.69. The van der Waals surface area contributed by atoms with E-state index < -0.39 is 5.97 Å². The highest BCUT2D eigenvalue weighted by atomic mass is 79.9. The van der Waals surface area contributed by atoms with E-state index in [4.69, 9.17) is 9.47 Å². The Labute approximate surface area is 154 Å². The number of aliphatic imine (C=N–C) groups is 1. The van der Waals surface area contributed by atoms with Crippen molar-refractivity contribution in [1.82, 2.24) is 0 Å². The predicted octanol–water partition coefficient (Wildman–Crippen LogP) is 4.75. The first-order valence-electron chi connectivity index (χ1n) is 7.66.